The molecule has 0 atom stereocenters. The largest absolute Gasteiger partial charge is 0.398 e. The minimum atomic E-state index is -3.86. The Bertz CT molecular complexity index is 786. The van der Waals surface area contributed by atoms with E-state index in [1.807, 2.05) is 0 Å². The van der Waals surface area contributed by atoms with Crippen LogP contribution in [0.1, 0.15) is 17.0 Å². The Morgan fingerprint density at radius 3 is 2.24 bits per heavy atom. The smallest absolute Gasteiger partial charge is 0.264 e. The normalized spacial score (nSPS) is 11.4. The average Bonchev–Trinajstić information content (AvgIpc) is 2.31. The van der Waals surface area contributed by atoms with Gasteiger partial charge in [0.2, 0.25) is 5.95 Å². The van der Waals surface area contributed by atoms with Crippen LogP contribution < -0.4 is 10.5 Å². The minimum absolute atomic E-state index is 0.00950. The van der Waals surface area contributed by atoms with E-state index in [9.17, 15) is 8.42 Å². The number of nitrogens with two attached hydrogens (primary N) is 1. The van der Waals surface area contributed by atoms with Gasteiger partial charge in [0.25, 0.3) is 10.0 Å². The molecule has 0 spiro atoms. The maximum Gasteiger partial charge on any atom is 0.264 e. The number of aromatic nitrogens is 2. The van der Waals surface area contributed by atoms with Gasteiger partial charge in [-0.15, -0.1) is 0 Å². The number of benzene rings is 1. The number of sulfonamides is 1. The summed E-state index contributed by atoms with van der Waals surface area (Å²) in [6.07, 6.45) is 0. The summed E-state index contributed by atoms with van der Waals surface area (Å²) in [5.41, 5.74) is 7.83. The summed E-state index contributed by atoms with van der Waals surface area (Å²) < 4.78 is 27.2. The van der Waals surface area contributed by atoms with Crippen LogP contribution in [0.2, 0.25) is 5.02 Å². The van der Waals surface area contributed by atoms with Gasteiger partial charge >= 0.3 is 0 Å². The fraction of sp³-hybridized carbons (Fsp3) is 0.231. The number of anilines is 2. The van der Waals surface area contributed by atoms with E-state index in [1.165, 1.54) is 12.1 Å². The standard InChI is InChI=1S/C13H15ClN4O2S/c1-7-4-8(2)17-13(16-7)18-21(19,20)12-6-10(14)5-11(15)9(12)3/h4-6H,15H2,1-3H3,(H,16,17,18). The topological polar surface area (TPSA) is 98.0 Å². The number of nitrogen functional groups attached to an aromatic ring is 1. The molecule has 1 aromatic heterocycles. The molecule has 3 N–H and O–H groups in total. The molecule has 0 bridgehead atoms. The number of aryl methyl sites for hydroxylation is 2. The molecule has 0 unspecified atom stereocenters. The second kappa shape index (κ2) is 5.50. The van der Waals surface area contributed by atoms with E-state index in [0.29, 0.717) is 22.6 Å². The van der Waals surface area contributed by atoms with Gasteiger partial charge in [0.05, 0.1) is 4.90 Å². The fourth-order valence-electron chi connectivity index (χ4n) is 1.90. The van der Waals surface area contributed by atoms with Crippen molar-refractivity contribution in [1.82, 2.24) is 9.97 Å². The number of nitrogens with zero attached hydrogens (tertiary/aromatic N) is 2. The third-order valence-electron chi connectivity index (χ3n) is 2.86. The molecule has 0 radical (unpaired) electrons. The van der Waals surface area contributed by atoms with Crippen molar-refractivity contribution < 1.29 is 8.42 Å². The molecule has 6 nitrogen and oxygen atoms in total. The molecule has 0 aliphatic carbocycles. The van der Waals surface area contributed by atoms with Crippen molar-refractivity contribution in [2.75, 3.05) is 10.5 Å². The molecule has 0 amide bonds. The van der Waals surface area contributed by atoms with E-state index in [0.717, 1.165) is 0 Å². The summed E-state index contributed by atoms with van der Waals surface area (Å²) in [4.78, 5) is 8.12. The zero-order chi connectivity index (χ0) is 15.8. The summed E-state index contributed by atoms with van der Waals surface area (Å²) in [6.45, 7) is 5.13. The van der Waals surface area contributed by atoms with Crippen LogP contribution in [0.4, 0.5) is 11.6 Å². The summed E-state index contributed by atoms with van der Waals surface area (Å²) in [6, 6.07) is 4.60. The maximum absolute atomic E-state index is 12.4. The second-order valence-electron chi connectivity index (χ2n) is 4.70. The van der Waals surface area contributed by atoms with E-state index in [4.69, 9.17) is 17.3 Å². The van der Waals surface area contributed by atoms with Gasteiger partial charge in [-0.3, -0.25) is 0 Å². The predicted molar refractivity (Wildman–Crippen MR) is 82.9 cm³/mol. The Hall–Kier alpha value is -1.86. The molecule has 21 heavy (non-hydrogen) atoms. The quantitative estimate of drug-likeness (QED) is 0.844. The summed E-state index contributed by atoms with van der Waals surface area (Å²) in [5.74, 6) is 0.0189. The molecule has 0 saturated carbocycles. The lowest BCUT2D eigenvalue weighted by atomic mass is 10.2. The molecule has 2 aromatic rings. The fourth-order valence-corrected chi connectivity index (χ4v) is 3.44. The Labute approximate surface area is 128 Å². The molecule has 0 saturated heterocycles. The van der Waals surface area contributed by atoms with Gasteiger partial charge < -0.3 is 5.73 Å². The highest BCUT2D eigenvalue weighted by Gasteiger charge is 2.20. The summed E-state index contributed by atoms with van der Waals surface area (Å²) in [7, 11) is -3.86. The zero-order valence-electron chi connectivity index (χ0n) is 11.8. The highest BCUT2D eigenvalue weighted by atomic mass is 35.5. The number of halogens is 1. The lowest BCUT2D eigenvalue weighted by molar-refractivity contribution is 0.600. The van der Waals surface area contributed by atoms with Crippen molar-refractivity contribution in [1.29, 1.82) is 0 Å². The highest BCUT2D eigenvalue weighted by molar-refractivity contribution is 7.92. The molecule has 1 heterocycles. The zero-order valence-corrected chi connectivity index (χ0v) is 13.4. The molecule has 112 valence electrons. The van der Waals surface area contributed by atoms with Gasteiger partial charge in [0.15, 0.2) is 0 Å². The van der Waals surface area contributed by atoms with Crippen LogP contribution in [-0.2, 0) is 10.0 Å². The predicted octanol–water partition coefficient (Wildman–Crippen LogP) is 2.44. The Morgan fingerprint density at radius 1 is 1.10 bits per heavy atom. The number of nitrogens with one attached hydrogen (secondary N) is 1. The molecular weight excluding hydrogens is 312 g/mol. The van der Waals surface area contributed by atoms with Crippen LogP contribution >= 0.6 is 11.6 Å². The average molecular weight is 327 g/mol. The van der Waals surface area contributed by atoms with Crippen LogP contribution in [-0.4, -0.2) is 18.4 Å². The number of hydrogen-bond acceptors (Lipinski definition) is 5. The first kappa shape index (κ1) is 15.5. The second-order valence-corrected chi connectivity index (χ2v) is 6.79. The van der Waals surface area contributed by atoms with Gasteiger partial charge in [0.1, 0.15) is 0 Å². The molecule has 0 fully saturated rings. The van der Waals surface area contributed by atoms with E-state index >= 15 is 0 Å². The monoisotopic (exact) mass is 326 g/mol. The molecule has 0 aliphatic rings. The van der Waals surface area contributed by atoms with E-state index < -0.39 is 10.0 Å². The third-order valence-corrected chi connectivity index (χ3v) is 4.54. The SMILES string of the molecule is Cc1cc(C)nc(NS(=O)(=O)c2cc(Cl)cc(N)c2C)n1. The third kappa shape index (κ3) is 3.43. The van der Waals surface area contributed by atoms with Crippen molar-refractivity contribution in [3.8, 4) is 0 Å². The van der Waals surface area contributed by atoms with Crippen molar-refractivity contribution in [2.24, 2.45) is 0 Å². The van der Waals surface area contributed by atoms with E-state index in [-0.39, 0.29) is 15.9 Å². The van der Waals surface area contributed by atoms with Crippen LogP contribution in [0.5, 0.6) is 0 Å². The van der Waals surface area contributed by atoms with Crippen LogP contribution in [0, 0.1) is 20.8 Å². The van der Waals surface area contributed by atoms with Gasteiger partial charge in [-0.25, -0.2) is 23.1 Å². The molecule has 8 heteroatoms. The Morgan fingerprint density at radius 2 is 1.67 bits per heavy atom. The summed E-state index contributed by atoms with van der Waals surface area (Å²) >= 11 is 5.88. The molecule has 0 aliphatic heterocycles. The minimum Gasteiger partial charge on any atom is -0.398 e. The van der Waals surface area contributed by atoms with Crippen LogP contribution in [0.25, 0.3) is 0 Å². The lowest BCUT2D eigenvalue weighted by Gasteiger charge is -2.12. The highest BCUT2D eigenvalue weighted by Crippen LogP contribution is 2.27. The van der Waals surface area contributed by atoms with Gasteiger partial charge in [-0.05, 0) is 44.5 Å². The van der Waals surface area contributed by atoms with Gasteiger partial charge in [-0.1, -0.05) is 11.6 Å². The molecular formula is C13H15ClN4O2S. The van der Waals surface area contributed by atoms with Crippen molar-refractivity contribution in [3.63, 3.8) is 0 Å². The molecule has 2 rings (SSSR count). The summed E-state index contributed by atoms with van der Waals surface area (Å²) in [5, 5.41) is 0.250. The van der Waals surface area contributed by atoms with E-state index in [2.05, 4.69) is 14.7 Å². The van der Waals surface area contributed by atoms with Crippen LogP contribution in [0.3, 0.4) is 0 Å². The van der Waals surface area contributed by atoms with Crippen molar-refractivity contribution in [3.05, 3.63) is 40.2 Å². The first-order chi connectivity index (χ1) is 9.69. The molecule has 1 aromatic carbocycles. The van der Waals surface area contributed by atoms with Gasteiger partial charge in [-0.2, -0.15) is 0 Å². The number of rotatable bonds is 3. The van der Waals surface area contributed by atoms with Crippen molar-refractivity contribution >= 4 is 33.3 Å². The maximum atomic E-state index is 12.4. The Kier molecular flexibility index (Phi) is 4.06. The lowest BCUT2D eigenvalue weighted by Crippen LogP contribution is -2.17. The number of hydrogen-bond donors (Lipinski definition) is 2. The van der Waals surface area contributed by atoms with Gasteiger partial charge in [0, 0.05) is 22.1 Å². The first-order valence-electron chi connectivity index (χ1n) is 6.10. The van der Waals surface area contributed by atoms with E-state index in [1.54, 1.807) is 26.8 Å². The van der Waals surface area contributed by atoms with Crippen molar-refractivity contribution in [2.45, 2.75) is 25.7 Å². The Balaban J connectivity index is 2.48. The van der Waals surface area contributed by atoms with Crippen LogP contribution in [0.15, 0.2) is 23.1 Å². The first-order valence-corrected chi connectivity index (χ1v) is 7.96.